The smallest absolute Gasteiger partial charge is 0.420 e. The number of oxazole rings is 1. The largest absolute Gasteiger partial charge is 0.482 e. The van der Waals surface area contributed by atoms with Gasteiger partial charge in [0.25, 0.3) is 5.91 Å². The van der Waals surface area contributed by atoms with Gasteiger partial charge in [0.1, 0.15) is 5.75 Å². The summed E-state index contributed by atoms with van der Waals surface area (Å²) in [6, 6.07) is 9.56. The molecule has 4 rings (SSSR count). The van der Waals surface area contributed by atoms with Gasteiger partial charge in [0.2, 0.25) is 0 Å². The molecule has 0 fully saturated rings. The van der Waals surface area contributed by atoms with Crippen LogP contribution in [-0.4, -0.2) is 35.2 Å². The van der Waals surface area contributed by atoms with Crippen LogP contribution in [0.1, 0.15) is 41.0 Å². The van der Waals surface area contributed by atoms with E-state index in [1.165, 1.54) is 17.6 Å². The first-order valence-electron chi connectivity index (χ1n) is 9.63. The van der Waals surface area contributed by atoms with E-state index < -0.39 is 5.76 Å². The van der Waals surface area contributed by atoms with Crippen LogP contribution < -0.4 is 15.4 Å². The van der Waals surface area contributed by atoms with Gasteiger partial charge < -0.3 is 14.1 Å². The number of benzene rings is 2. The van der Waals surface area contributed by atoms with Crippen molar-refractivity contribution in [2.45, 2.75) is 26.8 Å². The Labute approximate surface area is 171 Å². The number of fused-ring (bicyclic) bond motifs is 2. The summed E-state index contributed by atoms with van der Waals surface area (Å²) in [4.78, 5) is 50.5. The SMILES string of the molecule is CCCN1C(=O)COc2ccc(C(=O)Cn3c(=O)oc4cc(C(C)=O)ccc43)cc21. The predicted molar refractivity (Wildman–Crippen MR) is 109 cm³/mol. The number of hydrogen-bond donors (Lipinski definition) is 0. The molecule has 0 aliphatic carbocycles. The molecule has 0 saturated carbocycles. The number of rotatable bonds is 6. The summed E-state index contributed by atoms with van der Waals surface area (Å²) >= 11 is 0. The van der Waals surface area contributed by atoms with Crippen molar-refractivity contribution in [3.8, 4) is 5.75 Å². The Kier molecular flexibility index (Phi) is 4.99. The van der Waals surface area contributed by atoms with Crippen LogP contribution in [0.25, 0.3) is 11.1 Å². The van der Waals surface area contributed by atoms with Crippen LogP contribution in [0.3, 0.4) is 0 Å². The Hall–Kier alpha value is -3.68. The third-order valence-corrected chi connectivity index (χ3v) is 5.05. The predicted octanol–water partition coefficient (Wildman–Crippen LogP) is 2.82. The van der Waals surface area contributed by atoms with E-state index in [0.29, 0.717) is 34.6 Å². The second-order valence-electron chi connectivity index (χ2n) is 7.13. The monoisotopic (exact) mass is 408 g/mol. The summed E-state index contributed by atoms with van der Waals surface area (Å²) in [6.45, 7) is 3.65. The Bertz CT molecular complexity index is 1240. The second-order valence-corrected chi connectivity index (χ2v) is 7.13. The van der Waals surface area contributed by atoms with Gasteiger partial charge in [-0.15, -0.1) is 0 Å². The van der Waals surface area contributed by atoms with Crippen LogP contribution in [0.2, 0.25) is 0 Å². The molecule has 1 amide bonds. The van der Waals surface area contributed by atoms with Gasteiger partial charge in [-0.05, 0) is 49.7 Å². The van der Waals surface area contributed by atoms with Gasteiger partial charge in [-0.1, -0.05) is 6.92 Å². The number of amides is 1. The number of Topliss-reactive ketones (excluding diaryl/α,β-unsaturated/α-hetero) is 2. The zero-order chi connectivity index (χ0) is 21.4. The molecule has 1 aromatic heterocycles. The van der Waals surface area contributed by atoms with Crippen LogP contribution in [0, 0.1) is 0 Å². The zero-order valence-electron chi connectivity index (χ0n) is 16.6. The van der Waals surface area contributed by atoms with Crippen molar-refractivity contribution in [2.24, 2.45) is 0 Å². The highest BCUT2D eigenvalue weighted by Gasteiger charge is 2.26. The van der Waals surface area contributed by atoms with E-state index in [4.69, 9.17) is 9.15 Å². The number of ketones is 2. The summed E-state index contributed by atoms with van der Waals surface area (Å²) < 4.78 is 11.9. The van der Waals surface area contributed by atoms with Gasteiger partial charge in [-0.3, -0.25) is 19.0 Å². The zero-order valence-corrected chi connectivity index (χ0v) is 16.6. The number of nitrogens with zero attached hydrogens (tertiary/aromatic N) is 2. The third kappa shape index (κ3) is 3.41. The van der Waals surface area contributed by atoms with Crippen molar-refractivity contribution in [3.05, 3.63) is 58.1 Å². The number of anilines is 1. The highest BCUT2D eigenvalue weighted by molar-refractivity contribution is 6.02. The molecule has 0 radical (unpaired) electrons. The Morgan fingerprint density at radius 2 is 1.83 bits per heavy atom. The lowest BCUT2D eigenvalue weighted by atomic mass is 10.1. The fraction of sp³-hybridized carbons (Fsp3) is 0.273. The molecule has 8 heteroatoms. The highest BCUT2D eigenvalue weighted by Crippen LogP contribution is 2.33. The highest BCUT2D eigenvalue weighted by atomic mass is 16.5. The van der Waals surface area contributed by atoms with E-state index >= 15 is 0 Å². The average molecular weight is 408 g/mol. The minimum Gasteiger partial charge on any atom is -0.482 e. The molecule has 0 saturated heterocycles. The normalized spacial score (nSPS) is 13.3. The fourth-order valence-corrected chi connectivity index (χ4v) is 3.51. The van der Waals surface area contributed by atoms with E-state index in [2.05, 4.69) is 0 Å². The van der Waals surface area contributed by atoms with E-state index in [9.17, 15) is 19.2 Å². The minimum atomic E-state index is -0.678. The lowest BCUT2D eigenvalue weighted by Gasteiger charge is -2.29. The molecule has 2 aromatic carbocycles. The summed E-state index contributed by atoms with van der Waals surface area (Å²) in [7, 11) is 0. The first-order valence-corrected chi connectivity index (χ1v) is 9.63. The topological polar surface area (TPSA) is 98.8 Å². The van der Waals surface area contributed by atoms with Gasteiger partial charge in [0.05, 0.1) is 17.7 Å². The van der Waals surface area contributed by atoms with Crippen LogP contribution >= 0.6 is 0 Å². The summed E-state index contributed by atoms with van der Waals surface area (Å²) in [5, 5.41) is 0. The van der Waals surface area contributed by atoms with Gasteiger partial charge in [-0.25, -0.2) is 4.79 Å². The molecule has 2 heterocycles. The molecule has 1 aliphatic rings. The number of hydrogen-bond acceptors (Lipinski definition) is 6. The van der Waals surface area contributed by atoms with Gasteiger partial charge >= 0.3 is 5.76 Å². The van der Waals surface area contributed by atoms with Crippen LogP contribution in [0.4, 0.5) is 5.69 Å². The van der Waals surface area contributed by atoms with Crippen molar-refractivity contribution >= 4 is 34.3 Å². The van der Waals surface area contributed by atoms with Crippen molar-refractivity contribution in [1.29, 1.82) is 0 Å². The van der Waals surface area contributed by atoms with Crippen molar-refractivity contribution in [1.82, 2.24) is 4.57 Å². The maximum atomic E-state index is 12.9. The van der Waals surface area contributed by atoms with Crippen molar-refractivity contribution in [2.75, 3.05) is 18.1 Å². The minimum absolute atomic E-state index is 0.0288. The molecule has 1 aliphatic heterocycles. The van der Waals surface area contributed by atoms with Gasteiger partial charge in [0.15, 0.2) is 23.8 Å². The van der Waals surface area contributed by atoms with Crippen LogP contribution in [0.5, 0.6) is 5.75 Å². The van der Waals surface area contributed by atoms with E-state index in [1.807, 2.05) is 6.92 Å². The number of carbonyl (C=O) groups excluding carboxylic acids is 3. The molecule has 0 N–H and O–H groups in total. The molecule has 3 aromatic rings. The average Bonchev–Trinajstić information content (AvgIpc) is 3.04. The molecule has 0 bridgehead atoms. The molecule has 0 atom stereocenters. The van der Waals surface area contributed by atoms with E-state index in [-0.39, 0.29) is 36.2 Å². The maximum absolute atomic E-state index is 12.9. The molecule has 8 nitrogen and oxygen atoms in total. The Morgan fingerprint density at radius 1 is 1.07 bits per heavy atom. The Morgan fingerprint density at radius 3 is 2.57 bits per heavy atom. The molecule has 0 unspecified atom stereocenters. The fourth-order valence-electron chi connectivity index (χ4n) is 3.51. The quantitative estimate of drug-likeness (QED) is 0.582. The second kappa shape index (κ2) is 7.62. The lowest BCUT2D eigenvalue weighted by Crippen LogP contribution is -2.39. The number of aromatic nitrogens is 1. The summed E-state index contributed by atoms with van der Waals surface area (Å²) in [5.74, 6) is -0.753. The molecule has 154 valence electrons. The first-order chi connectivity index (χ1) is 14.4. The summed E-state index contributed by atoms with van der Waals surface area (Å²) in [6.07, 6.45) is 0.766. The standard InChI is InChI=1S/C22H20N2O6/c1-3-8-23-17-9-15(5-7-19(17)29-12-21(23)27)18(26)11-24-16-6-4-14(13(2)25)10-20(16)30-22(24)28/h4-7,9-10H,3,8,11-12H2,1-2H3. The molecular weight excluding hydrogens is 388 g/mol. The van der Waals surface area contributed by atoms with Gasteiger partial charge in [-0.2, -0.15) is 0 Å². The van der Waals surface area contributed by atoms with Crippen LogP contribution in [-0.2, 0) is 11.3 Å². The maximum Gasteiger partial charge on any atom is 0.420 e. The van der Waals surface area contributed by atoms with E-state index in [0.717, 1.165) is 6.42 Å². The molecule has 0 spiro atoms. The lowest BCUT2D eigenvalue weighted by molar-refractivity contribution is -0.121. The third-order valence-electron chi connectivity index (χ3n) is 5.05. The van der Waals surface area contributed by atoms with Gasteiger partial charge in [0, 0.05) is 17.7 Å². The van der Waals surface area contributed by atoms with Crippen molar-refractivity contribution < 1.29 is 23.5 Å². The van der Waals surface area contributed by atoms with Crippen LogP contribution in [0.15, 0.2) is 45.6 Å². The number of carbonyl (C=O) groups is 3. The number of ether oxygens (including phenoxy) is 1. The Balaban J connectivity index is 1.67. The summed E-state index contributed by atoms with van der Waals surface area (Å²) in [5.41, 5.74) is 2.01. The molecular formula is C22H20N2O6. The van der Waals surface area contributed by atoms with Crippen molar-refractivity contribution in [3.63, 3.8) is 0 Å². The molecule has 30 heavy (non-hydrogen) atoms. The first kappa shape index (κ1) is 19.6. The van der Waals surface area contributed by atoms with E-state index in [1.54, 1.807) is 35.2 Å².